The highest BCUT2D eigenvalue weighted by atomic mass is 15.3. The summed E-state index contributed by atoms with van der Waals surface area (Å²) in [7, 11) is 0. The summed E-state index contributed by atoms with van der Waals surface area (Å²) in [6.07, 6.45) is 6.83. The van der Waals surface area contributed by atoms with Crippen LogP contribution >= 0.6 is 0 Å². The van der Waals surface area contributed by atoms with Crippen molar-refractivity contribution in [1.29, 1.82) is 0 Å². The monoisotopic (exact) mass is 198 g/mol. The van der Waals surface area contributed by atoms with Gasteiger partial charge in [-0.3, -0.25) is 0 Å². The molecule has 0 radical (unpaired) electrons. The number of hydrogen-bond donors (Lipinski definition) is 1. The van der Waals surface area contributed by atoms with Gasteiger partial charge in [0, 0.05) is 12.8 Å². The van der Waals surface area contributed by atoms with E-state index in [2.05, 4.69) is 38.2 Å². The Morgan fingerprint density at radius 1 is 1.07 bits per heavy atom. The van der Waals surface area contributed by atoms with Gasteiger partial charge in [0.05, 0.1) is 0 Å². The van der Waals surface area contributed by atoms with Crippen molar-refractivity contribution in [2.75, 3.05) is 6.54 Å². The molecule has 0 aliphatic rings. The smallest absolute Gasteiger partial charge is 0.0329 e. The van der Waals surface area contributed by atoms with Crippen LogP contribution < -0.4 is 5.43 Å². The van der Waals surface area contributed by atoms with Crippen LogP contribution in [0, 0.1) is 11.8 Å². The van der Waals surface area contributed by atoms with Crippen LogP contribution in [0.3, 0.4) is 0 Å². The van der Waals surface area contributed by atoms with E-state index in [0.717, 1.165) is 24.8 Å². The zero-order chi connectivity index (χ0) is 10.8. The maximum absolute atomic E-state index is 4.17. The van der Waals surface area contributed by atoms with Crippen molar-refractivity contribution in [3.8, 4) is 0 Å². The lowest BCUT2D eigenvalue weighted by Crippen LogP contribution is -2.08. The summed E-state index contributed by atoms with van der Waals surface area (Å²) in [5.41, 5.74) is 3.08. The molecule has 0 aromatic rings. The van der Waals surface area contributed by atoms with Crippen molar-refractivity contribution in [3.63, 3.8) is 0 Å². The van der Waals surface area contributed by atoms with Gasteiger partial charge in [0.1, 0.15) is 0 Å². The molecule has 0 unspecified atom stereocenters. The van der Waals surface area contributed by atoms with Gasteiger partial charge < -0.3 is 5.43 Å². The van der Waals surface area contributed by atoms with E-state index in [-0.39, 0.29) is 0 Å². The maximum Gasteiger partial charge on any atom is 0.0329 e. The molecule has 0 atom stereocenters. The molecule has 0 aromatic heterocycles. The van der Waals surface area contributed by atoms with Crippen molar-refractivity contribution in [2.45, 2.75) is 53.4 Å². The Morgan fingerprint density at radius 3 is 2.29 bits per heavy atom. The summed E-state index contributed by atoms with van der Waals surface area (Å²) in [6, 6.07) is 0. The van der Waals surface area contributed by atoms with Crippen LogP contribution in [0.15, 0.2) is 5.10 Å². The van der Waals surface area contributed by atoms with E-state index in [1.807, 2.05) is 6.21 Å². The summed E-state index contributed by atoms with van der Waals surface area (Å²) in [5.74, 6) is 1.59. The topological polar surface area (TPSA) is 24.4 Å². The minimum Gasteiger partial charge on any atom is -0.310 e. The molecule has 0 saturated carbocycles. The predicted molar refractivity (Wildman–Crippen MR) is 64.6 cm³/mol. The number of hydrazone groups is 1. The molecule has 0 rings (SSSR count). The SMILES string of the molecule is CC(C)CC/C=N/NCCCC(C)C. The molecular weight excluding hydrogens is 172 g/mol. The standard InChI is InChI=1S/C12H26N2/c1-11(2)7-5-9-13-14-10-6-8-12(3)4/h9,11-12,14H,5-8,10H2,1-4H3/b13-9+. The molecule has 14 heavy (non-hydrogen) atoms. The summed E-state index contributed by atoms with van der Waals surface area (Å²) in [5, 5.41) is 4.17. The predicted octanol–water partition coefficient (Wildman–Crippen LogP) is 3.43. The molecule has 0 amide bonds. The summed E-state index contributed by atoms with van der Waals surface area (Å²) in [6.45, 7) is 10.0. The van der Waals surface area contributed by atoms with E-state index < -0.39 is 0 Å². The van der Waals surface area contributed by atoms with Crippen LogP contribution in [0.5, 0.6) is 0 Å². The average Bonchev–Trinajstić information content (AvgIpc) is 2.08. The third-order valence-corrected chi connectivity index (χ3v) is 2.13. The number of nitrogens with zero attached hydrogens (tertiary/aromatic N) is 1. The van der Waals surface area contributed by atoms with Gasteiger partial charge in [0.25, 0.3) is 0 Å². The quantitative estimate of drug-likeness (QED) is 0.361. The van der Waals surface area contributed by atoms with E-state index in [0.29, 0.717) is 0 Å². The molecule has 2 nitrogen and oxygen atoms in total. The van der Waals surface area contributed by atoms with Gasteiger partial charge in [-0.1, -0.05) is 27.7 Å². The lowest BCUT2D eigenvalue weighted by Gasteiger charge is -2.03. The fourth-order valence-corrected chi connectivity index (χ4v) is 1.19. The van der Waals surface area contributed by atoms with Crippen LogP contribution in [-0.4, -0.2) is 12.8 Å². The van der Waals surface area contributed by atoms with Gasteiger partial charge in [-0.25, -0.2) is 0 Å². The number of nitrogens with one attached hydrogen (secondary N) is 1. The Labute approximate surface area is 89.2 Å². The van der Waals surface area contributed by atoms with E-state index in [1.165, 1.54) is 19.3 Å². The number of rotatable bonds is 8. The van der Waals surface area contributed by atoms with Crippen molar-refractivity contribution in [3.05, 3.63) is 0 Å². The molecule has 0 spiro atoms. The first-order valence-corrected chi connectivity index (χ1v) is 5.87. The Morgan fingerprint density at radius 2 is 1.71 bits per heavy atom. The molecule has 0 aliphatic carbocycles. The fraction of sp³-hybridized carbons (Fsp3) is 0.917. The van der Waals surface area contributed by atoms with E-state index in [9.17, 15) is 0 Å². The Hall–Kier alpha value is -0.530. The zero-order valence-corrected chi connectivity index (χ0v) is 10.2. The summed E-state index contributed by atoms with van der Waals surface area (Å²) >= 11 is 0. The normalized spacial score (nSPS) is 11.9. The Balaban J connectivity index is 3.11. The first-order valence-electron chi connectivity index (χ1n) is 5.87. The van der Waals surface area contributed by atoms with Crippen molar-refractivity contribution >= 4 is 6.21 Å². The third kappa shape index (κ3) is 11.5. The van der Waals surface area contributed by atoms with E-state index in [4.69, 9.17) is 0 Å². The largest absolute Gasteiger partial charge is 0.310 e. The van der Waals surface area contributed by atoms with Crippen molar-refractivity contribution < 1.29 is 0 Å². The second-order valence-electron chi connectivity index (χ2n) is 4.73. The summed E-state index contributed by atoms with van der Waals surface area (Å²) < 4.78 is 0. The highest BCUT2D eigenvalue weighted by Crippen LogP contribution is 2.02. The Kier molecular flexibility index (Phi) is 8.70. The first-order chi connectivity index (χ1) is 6.63. The molecule has 0 fully saturated rings. The van der Waals surface area contributed by atoms with Gasteiger partial charge in [0.2, 0.25) is 0 Å². The lowest BCUT2D eigenvalue weighted by molar-refractivity contribution is 0.534. The second kappa shape index (κ2) is 9.04. The highest BCUT2D eigenvalue weighted by Gasteiger charge is 1.92. The van der Waals surface area contributed by atoms with E-state index >= 15 is 0 Å². The second-order valence-corrected chi connectivity index (χ2v) is 4.73. The van der Waals surface area contributed by atoms with Gasteiger partial charge in [0.15, 0.2) is 0 Å². The molecule has 0 saturated heterocycles. The molecule has 84 valence electrons. The Bertz CT molecular complexity index is 139. The molecule has 0 aliphatic heterocycles. The zero-order valence-electron chi connectivity index (χ0n) is 10.2. The van der Waals surface area contributed by atoms with Crippen LogP contribution in [0.2, 0.25) is 0 Å². The minimum absolute atomic E-state index is 0.780. The fourth-order valence-electron chi connectivity index (χ4n) is 1.19. The van der Waals surface area contributed by atoms with Gasteiger partial charge in [-0.15, -0.1) is 0 Å². The average molecular weight is 198 g/mol. The minimum atomic E-state index is 0.780. The molecule has 2 heteroatoms. The summed E-state index contributed by atoms with van der Waals surface area (Å²) in [4.78, 5) is 0. The molecule has 0 aromatic carbocycles. The van der Waals surface area contributed by atoms with Crippen LogP contribution in [0.1, 0.15) is 53.4 Å². The van der Waals surface area contributed by atoms with Gasteiger partial charge in [-0.2, -0.15) is 5.10 Å². The van der Waals surface area contributed by atoms with Crippen LogP contribution in [0.25, 0.3) is 0 Å². The van der Waals surface area contributed by atoms with Crippen molar-refractivity contribution in [2.24, 2.45) is 16.9 Å². The lowest BCUT2D eigenvalue weighted by atomic mass is 10.1. The molecule has 0 bridgehead atoms. The maximum atomic E-state index is 4.17. The van der Waals surface area contributed by atoms with Crippen LogP contribution in [-0.2, 0) is 0 Å². The first kappa shape index (κ1) is 13.5. The highest BCUT2D eigenvalue weighted by molar-refractivity contribution is 5.56. The van der Waals surface area contributed by atoms with Crippen molar-refractivity contribution in [1.82, 2.24) is 5.43 Å². The van der Waals surface area contributed by atoms with Crippen LogP contribution in [0.4, 0.5) is 0 Å². The van der Waals surface area contributed by atoms with Gasteiger partial charge in [-0.05, 0) is 37.5 Å². The molecule has 1 N–H and O–H groups in total. The van der Waals surface area contributed by atoms with Gasteiger partial charge >= 0.3 is 0 Å². The molecule has 0 heterocycles. The third-order valence-electron chi connectivity index (χ3n) is 2.13. The number of hydrogen-bond acceptors (Lipinski definition) is 2. The molecular formula is C12H26N2. The van der Waals surface area contributed by atoms with E-state index in [1.54, 1.807) is 0 Å².